The van der Waals surface area contributed by atoms with E-state index in [2.05, 4.69) is 15.4 Å². The zero-order valence-corrected chi connectivity index (χ0v) is 16.7. The van der Waals surface area contributed by atoms with Crippen molar-refractivity contribution >= 4 is 17.2 Å². The molecule has 1 unspecified atom stereocenters. The van der Waals surface area contributed by atoms with Crippen LogP contribution < -0.4 is 5.32 Å². The maximum Gasteiger partial charge on any atom is 0.274 e. The summed E-state index contributed by atoms with van der Waals surface area (Å²) in [5.74, 6) is 0.714. The second-order valence-corrected chi connectivity index (χ2v) is 7.48. The van der Waals surface area contributed by atoms with Crippen LogP contribution in [0.2, 0.25) is 0 Å². The number of para-hydroxylation sites is 1. The normalized spacial score (nSPS) is 12.1. The molecule has 4 rings (SSSR count). The Hall–Kier alpha value is -3.19. The van der Waals surface area contributed by atoms with Crippen LogP contribution >= 0.6 is 11.3 Å². The van der Waals surface area contributed by atoms with Gasteiger partial charge < -0.3 is 9.73 Å². The topological polar surface area (TPSA) is 73.0 Å². The van der Waals surface area contributed by atoms with Gasteiger partial charge in [0.05, 0.1) is 22.8 Å². The molecular formula is C21H20N4O2S. The minimum Gasteiger partial charge on any atom is -0.440 e. The monoisotopic (exact) mass is 392 g/mol. The van der Waals surface area contributed by atoms with Crippen LogP contribution in [0.15, 0.2) is 58.5 Å². The molecule has 0 fully saturated rings. The van der Waals surface area contributed by atoms with Gasteiger partial charge in [-0.2, -0.15) is 5.10 Å². The number of hydrogen-bond donors (Lipinski definition) is 1. The summed E-state index contributed by atoms with van der Waals surface area (Å²) in [7, 11) is 0. The fourth-order valence-corrected chi connectivity index (χ4v) is 3.78. The minimum atomic E-state index is -0.261. The van der Waals surface area contributed by atoms with Crippen molar-refractivity contribution in [3.63, 3.8) is 0 Å². The predicted octanol–water partition coefficient (Wildman–Crippen LogP) is 4.70. The van der Waals surface area contributed by atoms with Crippen molar-refractivity contribution < 1.29 is 9.21 Å². The zero-order valence-electron chi connectivity index (χ0n) is 15.8. The standard InChI is InChI=1S/C21H20N4O2S/c1-13(17-12-22-25(14(17)2)16-8-5-4-6-9-16)23-20(26)19-15(3)27-21(24-19)18-10-7-11-28-18/h4-13H,1-3H3,(H,23,26). The molecule has 142 valence electrons. The summed E-state index contributed by atoms with van der Waals surface area (Å²) in [5, 5.41) is 9.43. The number of carbonyl (C=O) groups excluding carboxylic acids is 1. The van der Waals surface area contributed by atoms with E-state index < -0.39 is 0 Å². The van der Waals surface area contributed by atoms with Gasteiger partial charge in [-0.05, 0) is 44.4 Å². The minimum absolute atomic E-state index is 0.216. The smallest absolute Gasteiger partial charge is 0.274 e. The van der Waals surface area contributed by atoms with E-state index in [0.29, 0.717) is 17.3 Å². The van der Waals surface area contributed by atoms with E-state index in [9.17, 15) is 4.79 Å². The lowest BCUT2D eigenvalue weighted by molar-refractivity contribution is 0.0934. The Balaban J connectivity index is 1.54. The lowest BCUT2D eigenvalue weighted by Gasteiger charge is -2.13. The third-order valence-electron chi connectivity index (χ3n) is 4.61. The third kappa shape index (κ3) is 3.36. The first kappa shape index (κ1) is 18.2. The Morgan fingerprint density at radius 3 is 2.68 bits per heavy atom. The first-order valence-corrected chi connectivity index (χ1v) is 9.84. The molecule has 0 bridgehead atoms. The number of rotatable bonds is 5. The molecule has 0 aliphatic rings. The van der Waals surface area contributed by atoms with E-state index in [1.54, 1.807) is 13.1 Å². The van der Waals surface area contributed by atoms with E-state index in [-0.39, 0.29) is 11.9 Å². The molecule has 1 atom stereocenters. The van der Waals surface area contributed by atoms with Crippen molar-refractivity contribution in [1.82, 2.24) is 20.1 Å². The van der Waals surface area contributed by atoms with Crippen molar-refractivity contribution in [1.29, 1.82) is 0 Å². The zero-order chi connectivity index (χ0) is 19.7. The molecule has 7 heteroatoms. The maximum atomic E-state index is 12.8. The Morgan fingerprint density at radius 1 is 1.18 bits per heavy atom. The molecule has 0 aliphatic carbocycles. The Labute approximate surface area is 166 Å². The third-order valence-corrected chi connectivity index (χ3v) is 5.46. The molecule has 4 aromatic rings. The Morgan fingerprint density at radius 2 is 1.96 bits per heavy atom. The predicted molar refractivity (Wildman–Crippen MR) is 109 cm³/mol. The molecule has 0 saturated heterocycles. The van der Waals surface area contributed by atoms with E-state index in [1.165, 1.54) is 11.3 Å². The molecule has 1 N–H and O–H groups in total. The van der Waals surface area contributed by atoms with Gasteiger partial charge in [-0.25, -0.2) is 9.67 Å². The molecule has 3 heterocycles. The second-order valence-electron chi connectivity index (χ2n) is 6.53. The van der Waals surface area contributed by atoms with Gasteiger partial charge in [-0.3, -0.25) is 4.79 Å². The van der Waals surface area contributed by atoms with E-state index in [1.807, 2.05) is 66.4 Å². The number of aromatic nitrogens is 3. The molecule has 0 aliphatic heterocycles. The van der Waals surface area contributed by atoms with Gasteiger partial charge in [0, 0.05) is 11.3 Å². The first-order valence-electron chi connectivity index (χ1n) is 8.96. The number of nitrogens with one attached hydrogen (secondary N) is 1. The number of oxazole rings is 1. The van der Waals surface area contributed by atoms with Gasteiger partial charge in [0.15, 0.2) is 5.69 Å². The molecule has 3 aromatic heterocycles. The van der Waals surface area contributed by atoms with E-state index >= 15 is 0 Å². The van der Waals surface area contributed by atoms with Crippen molar-refractivity contribution in [2.45, 2.75) is 26.8 Å². The quantitative estimate of drug-likeness (QED) is 0.534. The Kier molecular flexibility index (Phi) is 4.83. The van der Waals surface area contributed by atoms with Gasteiger partial charge in [0.2, 0.25) is 5.89 Å². The number of amides is 1. The number of nitrogens with zero attached hydrogens (tertiary/aromatic N) is 3. The van der Waals surface area contributed by atoms with Crippen LogP contribution in [-0.2, 0) is 0 Å². The summed E-state index contributed by atoms with van der Waals surface area (Å²) >= 11 is 1.52. The van der Waals surface area contributed by atoms with Gasteiger partial charge >= 0.3 is 0 Å². The van der Waals surface area contributed by atoms with E-state index in [0.717, 1.165) is 21.8 Å². The fourth-order valence-electron chi connectivity index (χ4n) is 3.13. The summed E-state index contributed by atoms with van der Waals surface area (Å²) in [6.07, 6.45) is 1.79. The van der Waals surface area contributed by atoms with Crippen LogP contribution in [0.1, 0.15) is 40.5 Å². The molecule has 28 heavy (non-hydrogen) atoms. The second kappa shape index (κ2) is 7.44. The van der Waals surface area contributed by atoms with Crippen LogP contribution in [0.4, 0.5) is 0 Å². The summed E-state index contributed by atoms with van der Waals surface area (Å²) in [6.45, 7) is 5.68. The Bertz CT molecular complexity index is 1100. The number of thiophene rings is 1. The van der Waals surface area contributed by atoms with Gasteiger partial charge in [0.1, 0.15) is 5.76 Å². The summed E-state index contributed by atoms with van der Waals surface area (Å²) in [5.41, 5.74) is 3.23. The van der Waals surface area contributed by atoms with Crippen LogP contribution in [0, 0.1) is 13.8 Å². The molecule has 1 aromatic carbocycles. The SMILES string of the molecule is Cc1oc(-c2cccs2)nc1C(=O)NC(C)c1cnn(-c2ccccc2)c1C. The summed E-state index contributed by atoms with van der Waals surface area (Å²) in [4.78, 5) is 18.0. The average Bonchev–Trinajstić information content (AvgIpc) is 3.42. The number of aryl methyl sites for hydroxylation is 1. The van der Waals surface area contributed by atoms with Gasteiger partial charge in [-0.15, -0.1) is 11.3 Å². The number of benzene rings is 1. The lowest BCUT2D eigenvalue weighted by Crippen LogP contribution is -2.27. The molecular weight excluding hydrogens is 372 g/mol. The van der Waals surface area contributed by atoms with Crippen molar-refractivity contribution in [3.8, 4) is 16.5 Å². The molecule has 1 amide bonds. The van der Waals surface area contributed by atoms with Crippen LogP contribution in [-0.4, -0.2) is 20.7 Å². The molecule has 0 saturated carbocycles. The highest BCUT2D eigenvalue weighted by atomic mass is 32.1. The molecule has 0 spiro atoms. The fraction of sp³-hybridized carbons (Fsp3) is 0.190. The van der Waals surface area contributed by atoms with Crippen molar-refractivity contribution in [2.75, 3.05) is 0 Å². The molecule has 0 radical (unpaired) electrons. The summed E-state index contributed by atoms with van der Waals surface area (Å²) < 4.78 is 7.54. The molecule has 6 nitrogen and oxygen atoms in total. The van der Waals surface area contributed by atoms with Gasteiger partial charge in [-0.1, -0.05) is 24.3 Å². The lowest BCUT2D eigenvalue weighted by atomic mass is 10.1. The van der Waals surface area contributed by atoms with Crippen molar-refractivity contribution in [2.24, 2.45) is 0 Å². The number of carbonyl (C=O) groups is 1. The average molecular weight is 392 g/mol. The number of hydrogen-bond acceptors (Lipinski definition) is 5. The van der Waals surface area contributed by atoms with Crippen LogP contribution in [0.25, 0.3) is 16.5 Å². The van der Waals surface area contributed by atoms with Crippen LogP contribution in [0.5, 0.6) is 0 Å². The van der Waals surface area contributed by atoms with E-state index in [4.69, 9.17) is 4.42 Å². The maximum absolute atomic E-state index is 12.8. The largest absolute Gasteiger partial charge is 0.440 e. The highest BCUT2D eigenvalue weighted by Crippen LogP contribution is 2.26. The van der Waals surface area contributed by atoms with Crippen molar-refractivity contribution in [3.05, 3.63) is 76.8 Å². The highest BCUT2D eigenvalue weighted by Gasteiger charge is 2.22. The summed E-state index contributed by atoms with van der Waals surface area (Å²) in [6, 6.07) is 13.5. The van der Waals surface area contributed by atoms with Gasteiger partial charge in [0.25, 0.3) is 5.91 Å². The van der Waals surface area contributed by atoms with Crippen LogP contribution in [0.3, 0.4) is 0 Å². The highest BCUT2D eigenvalue weighted by molar-refractivity contribution is 7.13. The first-order chi connectivity index (χ1) is 13.5.